The highest BCUT2D eigenvalue weighted by atomic mass is 16.2. The van der Waals surface area contributed by atoms with Crippen molar-refractivity contribution in [2.45, 2.75) is 32.7 Å². The molecule has 0 saturated carbocycles. The van der Waals surface area contributed by atoms with Crippen LogP contribution in [0, 0.1) is 0 Å². The van der Waals surface area contributed by atoms with E-state index in [0.717, 1.165) is 6.54 Å². The molecule has 0 heterocycles. The molecule has 0 aromatic carbocycles. The Morgan fingerprint density at radius 3 is 2.38 bits per heavy atom. The van der Waals surface area contributed by atoms with Crippen LogP contribution in [-0.4, -0.2) is 48.8 Å². The van der Waals surface area contributed by atoms with Gasteiger partial charge >= 0.3 is 0 Å². The third-order valence-electron chi connectivity index (χ3n) is 2.77. The van der Waals surface area contributed by atoms with Gasteiger partial charge in [-0.25, -0.2) is 0 Å². The van der Waals surface area contributed by atoms with Crippen molar-refractivity contribution in [3.8, 4) is 0 Å². The number of nitrogens with zero attached hydrogens (tertiary/aromatic N) is 1. The Morgan fingerprint density at radius 1 is 1.38 bits per heavy atom. The number of carbonyl (C=O) groups is 2. The van der Waals surface area contributed by atoms with Gasteiger partial charge in [-0.1, -0.05) is 13.8 Å². The first-order valence-electron chi connectivity index (χ1n) is 5.61. The van der Waals surface area contributed by atoms with Crippen LogP contribution in [0.25, 0.3) is 0 Å². The van der Waals surface area contributed by atoms with Crippen molar-refractivity contribution in [1.29, 1.82) is 0 Å². The van der Waals surface area contributed by atoms with E-state index in [-0.39, 0.29) is 18.2 Å². The summed E-state index contributed by atoms with van der Waals surface area (Å²) < 4.78 is 0. The summed E-state index contributed by atoms with van der Waals surface area (Å²) in [6, 6.07) is 0. The van der Waals surface area contributed by atoms with Crippen molar-refractivity contribution in [1.82, 2.24) is 10.2 Å². The zero-order chi connectivity index (χ0) is 12.8. The van der Waals surface area contributed by atoms with Crippen molar-refractivity contribution in [3.63, 3.8) is 0 Å². The second-order valence-corrected chi connectivity index (χ2v) is 4.30. The molecule has 0 radical (unpaired) electrons. The van der Waals surface area contributed by atoms with Gasteiger partial charge in [0.1, 0.15) is 0 Å². The maximum absolute atomic E-state index is 11.6. The number of likely N-dealkylation sites (N-methyl/N-ethyl adjacent to an activating group) is 1. The van der Waals surface area contributed by atoms with E-state index < -0.39 is 5.54 Å². The minimum absolute atomic E-state index is 0.0111. The van der Waals surface area contributed by atoms with Gasteiger partial charge in [-0.2, -0.15) is 0 Å². The number of nitrogens with two attached hydrogens (primary N) is 1. The van der Waals surface area contributed by atoms with Crippen LogP contribution in [0.2, 0.25) is 0 Å². The van der Waals surface area contributed by atoms with Crippen LogP contribution >= 0.6 is 0 Å². The van der Waals surface area contributed by atoms with Crippen LogP contribution in [0.4, 0.5) is 0 Å². The van der Waals surface area contributed by atoms with Crippen molar-refractivity contribution in [2.24, 2.45) is 5.73 Å². The number of nitrogens with one attached hydrogen (secondary N) is 1. The Balaban J connectivity index is 3.98. The molecule has 1 amide bonds. The first kappa shape index (κ1) is 15.1. The van der Waals surface area contributed by atoms with Crippen LogP contribution in [0.5, 0.6) is 0 Å². The van der Waals surface area contributed by atoms with Crippen LogP contribution in [0.3, 0.4) is 0 Å². The zero-order valence-corrected chi connectivity index (χ0v) is 10.7. The Kier molecular flexibility index (Phi) is 6.21. The maximum atomic E-state index is 11.6. The SMILES string of the molecule is CCN(C)CC(=O)NCC(=O)C(C)(N)CC. The van der Waals surface area contributed by atoms with Crippen molar-refractivity contribution >= 4 is 11.7 Å². The van der Waals surface area contributed by atoms with E-state index in [0.29, 0.717) is 13.0 Å². The highest BCUT2D eigenvalue weighted by molar-refractivity contribution is 5.92. The molecule has 0 aromatic rings. The molecule has 5 nitrogen and oxygen atoms in total. The topological polar surface area (TPSA) is 75.4 Å². The smallest absolute Gasteiger partial charge is 0.234 e. The first-order valence-corrected chi connectivity index (χ1v) is 5.61. The molecule has 0 spiro atoms. The van der Waals surface area contributed by atoms with E-state index in [1.807, 2.05) is 25.8 Å². The summed E-state index contributed by atoms with van der Waals surface area (Å²) in [6.07, 6.45) is 0.566. The predicted octanol–water partition coefficient (Wildman–Crippen LogP) is -0.249. The molecule has 16 heavy (non-hydrogen) atoms. The zero-order valence-electron chi connectivity index (χ0n) is 10.7. The summed E-state index contributed by atoms with van der Waals surface area (Å²) in [5.41, 5.74) is 4.92. The van der Waals surface area contributed by atoms with Gasteiger partial charge in [0.15, 0.2) is 5.78 Å². The summed E-state index contributed by atoms with van der Waals surface area (Å²) in [5.74, 6) is -0.285. The molecule has 0 fully saturated rings. The van der Waals surface area contributed by atoms with Crippen molar-refractivity contribution in [3.05, 3.63) is 0 Å². The Bertz CT molecular complexity index is 252. The second-order valence-electron chi connectivity index (χ2n) is 4.30. The number of ketones is 1. The lowest BCUT2D eigenvalue weighted by atomic mass is 9.95. The third-order valence-corrected chi connectivity index (χ3v) is 2.77. The average molecular weight is 229 g/mol. The molecule has 0 aliphatic rings. The predicted molar refractivity (Wildman–Crippen MR) is 64.1 cm³/mol. The lowest BCUT2D eigenvalue weighted by Crippen LogP contribution is -2.50. The van der Waals surface area contributed by atoms with E-state index in [4.69, 9.17) is 5.73 Å². The molecule has 3 N–H and O–H groups in total. The number of hydrogen-bond donors (Lipinski definition) is 2. The van der Waals surface area contributed by atoms with Gasteiger partial charge in [-0.15, -0.1) is 0 Å². The van der Waals surface area contributed by atoms with E-state index in [9.17, 15) is 9.59 Å². The highest BCUT2D eigenvalue weighted by Gasteiger charge is 2.25. The minimum atomic E-state index is -0.843. The number of Topliss-reactive ketones (excluding diaryl/α,β-unsaturated/α-hetero) is 1. The molecule has 0 aromatic heterocycles. The van der Waals surface area contributed by atoms with Gasteiger partial charge < -0.3 is 11.1 Å². The molecule has 5 heteroatoms. The van der Waals surface area contributed by atoms with Gasteiger partial charge in [0.2, 0.25) is 5.91 Å². The van der Waals surface area contributed by atoms with Crippen LogP contribution in [-0.2, 0) is 9.59 Å². The fourth-order valence-electron chi connectivity index (χ4n) is 0.991. The van der Waals surface area contributed by atoms with Gasteiger partial charge in [-0.05, 0) is 26.9 Å². The lowest BCUT2D eigenvalue weighted by molar-refractivity contribution is -0.127. The monoisotopic (exact) mass is 229 g/mol. The molecule has 0 rings (SSSR count). The van der Waals surface area contributed by atoms with E-state index >= 15 is 0 Å². The Morgan fingerprint density at radius 2 is 1.94 bits per heavy atom. The Hall–Kier alpha value is -0.940. The normalized spacial score (nSPS) is 14.6. The molecule has 0 aliphatic heterocycles. The quantitative estimate of drug-likeness (QED) is 0.631. The second kappa shape index (κ2) is 6.60. The number of rotatable bonds is 7. The summed E-state index contributed by atoms with van der Waals surface area (Å²) in [4.78, 5) is 24.9. The van der Waals surface area contributed by atoms with Crippen molar-refractivity contribution in [2.75, 3.05) is 26.7 Å². The highest BCUT2D eigenvalue weighted by Crippen LogP contribution is 2.04. The van der Waals surface area contributed by atoms with Gasteiger partial charge in [0, 0.05) is 0 Å². The molecular formula is C11H23N3O2. The van der Waals surface area contributed by atoms with Crippen LogP contribution in [0.15, 0.2) is 0 Å². The molecule has 0 aliphatic carbocycles. The van der Waals surface area contributed by atoms with Crippen molar-refractivity contribution < 1.29 is 9.59 Å². The average Bonchev–Trinajstić information content (AvgIpc) is 2.25. The molecule has 94 valence electrons. The lowest BCUT2D eigenvalue weighted by Gasteiger charge is -2.21. The minimum Gasteiger partial charge on any atom is -0.348 e. The fourth-order valence-corrected chi connectivity index (χ4v) is 0.991. The standard InChI is InChI=1S/C11H23N3O2/c1-5-11(3,12)9(15)7-13-10(16)8-14(4)6-2/h5-8,12H2,1-4H3,(H,13,16). The van der Waals surface area contributed by atoms with Gasteiger partial charge in [0.25, 0.3) is 0 Å². The van der Waals surface area contributed by atoms with Gasteiger partial charge in [0.05, 0.1) is 18.6 Å². The molecule has 1 atom stereocenters. The molecule has 0 saturated heterocycles. The third kappa shape index (κ3) is 5.23. The van der Waals surface area contributed by atoms with Crippen LogP contribution in [0.1, 0.15) is 27.2 Å². The van der Waals surface area contributed by atoms with Crippen LogP contribution < -0.4 is 11.1 Å². The number of carbonyl (C=O) groups excluding carboxylic acids is 2. The summed E-state index contributed by atoms with van der Waals surface area (Å²) in [6.45, 7) is 6.61. The fraction of sp³-hybridized carbons (Fsp3) is 0.818. The van der Waals surface area contributed by atoms with E-state index in [2.05, 4.69) is 5.32 Å². The summed E-state index contributed by atoms with van der Waals surface area (Å²) in [5, 5.41) is 2.58. The maximum Gasteiger partial charge on any atom is 0.234 e. The van der Waals surface area contributed by atoms with E-state index in [1.165, 1.54) is 0 Å². The largest absolute Gasteiger partial charge is 0.348 e. The molecule has 0 bridgehead atoms. The summed E-state index contributed by atoms with van der Waals surface area (Å²) >= 11 is 0. The molecular weight excluding hydrogens is 206 g/mol. The molecule has 1 unspecified atom stereocenters. The number of hydrogen-bond acceptors (Lipinski definition) is 4. The Labute approximate surface area is 97.4 Å². The summed E-state index contributed by atoms with van der Waals surface area (Å²) in [7, 11) is 1.85. The number of amides is 1. The van der Waals surface area contributed by atoms with E-state index in [1.54, 1.807) is 6.92 Å². The first-order chi connectivity index (χ1) is 7.33. The van der Waals surface area contributed by atoms with Gasteiger partial charge in [-0.3, -0.25) is 14.5 Å².